The maximum atomic E-state index is 14.0. The monoisotopic (exact) mass is 421 g/mol. The molecule has 2 aliphatic heterocycles. The number of likely N-dealkylation sites (tertiary alicyclic amines) is 1. The molecule has 2 atom stereocenters. The van der Waals surface area contributed by atoms with Gasteiger partial charge in [0, 0.05) is 36.6 Å². The number of hydrogen-bond acceptors (Lipinski definition) is 6. The molecule has 31 heavy (non-hydrogen) atoms. The molecule has 0 saturated carbocycles. The second kappa shape index (κ2) is 7.72. The van der Waals surface area contributed by atoms with Crippen LogP contribution in [0.3, 0.4) is 0 Å². The average Bonchev–Trinajstić information content (AvgIpc) is 3.39. The van der Waals surface area contributed by atoms with Crippen LogP contribution in [-0.2, 0) is 6.42 Å². The van der Waals surface area contributed by atoms with Crippen LogP contribution in [0.25, 0.3) is 5.69 Å². The smallest absolute Gasteiger partial charge is 0.256 e. The highest BCUT2D eigenvalue weighted by Gasteiger charge is 2.43. The van der Waals surface area contributed by atoms with Gasteiger partial charge >= 0.3 is 0 Å². The molecular formula is C22H24FN7O. The first-order chi connectivity index (χ1) is 15.0. The highest BCUT2D eigenvalue weighted by Crippen LogP contribution is 2.34. The lowest BCUT2D eigenvalue weighted by molar-refractivity contribution is 0.0716. The van der Waals surface area contributed by atoms with Crippen molar-refractivity contribution in [2.75, 3.05) is 18.0 Å². The number of hydrogen-bond donors (Lipinski definition) is 0. The Balaban J connectivity index is 1.43. The molecule has 8 nitrogen and oxygen atoms in total. The van der Waals surface area contributed by atoms with Gasteiger partial charge in [-0.3, -0.25) is 4.79 Å². The molecule has 0 aliphatic carbocycles. The number of piperazine rings is 1. The molecule has 160 valence electrons. The summed E-state index contributed by atoms with van der Waals surface area (Å²) in [7, 11) is 0. The summed E-state index contributed by atoms with van der Waals surface area (Å²) in [6.07, 6.45) is 5.87. The number of halogens is 1. The minimum absolute atomic E-state index is 0.147. The van der Waals surface area contributed by atoms with Gasteiger partial charge in [-0.25, -0.2) is 14.4 Å². The Hall–Kier alpha value is -3.36. The molecule has 0 radical (unpaired) electrons. The summed E-state index contributed by atoms with van der Waals surface area (Å²) in [4.78, 5) is 28.3. The van der Waals surface area contributed by atoms with Crippen LogP contribution in [0, 0.1) is 12.7 Å². The number of nitrogens with zero attached hydrogens (tertiary/aromatic N) is 7. The van der Waals surface area contributed by atoms with Gasteiger partial charge in [0.25, 0.3) is 5.91 Å². The number of fused-ring (bicyclic) bond motifs is 2. The molecule has 9 heteroatoms. The summed E-state index contributed by atoms with van der Waals surface area (Å²) in [5.74, 6) is 0.0903. The van der Waals surface area contributed by atoms with E-state index >= 15 is 0 Å². The number of benzene rings is 1. The molecule has 2 unspecified atom stereocenters. The van der Waals surface area contributed by atoms with Gasteiger partial charge in [0.2, 0.25) is 5.95 Å². The van der Waals surface area contributed by atoms with Crippen molar-refractivity contribution in [1.82, 2.24) is 29.9 Å². The Morgan fingerprint density at radius 2 is 1.81 bits per heavy atom. The van der Waals surface area contributed by atoms with Gasteiger partial charge < -0.3 is 9.80 Å². The van der Waals surface area contributed by atoms with E-state index in [1.165, 1.54) is 29.3 Å². The largest absolute Gasteiger partial charge is 0.334 e. The van der Waals surface area contributed by atoms with Gasteiger partial charge in [-0.15, -0.1) is 0 Å². The van der Waals surface area contributed by atoms with E-state index in [2.05, 4.69) is 27.0 Å². The van der Waals surface area contributed by atoms with Gasteiger partial charge in [-0.05, 0) is 50.5 Å². The van der Waals surface area contributed by atoms with Crippen molar-refractivity contribution in [1.29, 1.82) is 0 Å². The topological polar surface area (TPSA) is 80.0 Å². The van der Waals surface area contributed by atoms with Gasteiger partial charge in [-0.2, -0.15) is 15.0 Å². The molecule has 2 bridgehead atoms. The van der Waals surface area contributed by atoms with Crippen molar-refractivity contribution >= 4 is 11.9 Å². The summed E-state index contributed by atoms with van der Waals surface area (Å²) < 4.78 is 14.0. The predicted molar refractivity (Wildman–Crippen MR) is 113 cm³/mol. The van der Waals surface area contributed by atoms with E-state index in [1.807, 2.05) is 17.9 Å². The van der Waals surface area contributed by atoms with E-state index in [1.54, 1.807) is 6.07 Å². The lowest BCUT2D eigenvalue weighted by Crippen LogP contribution is -2.56. The van der Waals surface area contributed by atoms with E-state index in [9.17, 15) is 9.18 Å². The van der Waals surface area contributed by atoms with Crippen LogP contribution in [0.1, 0.15) is 41.5 Å². The summed E-state index contributed by atoms with van der Waals surface area (Å²) in [6, 6.07) is 6.44. The van der Waals surface area contributed by atoms with Gasteiger partial charge in [0.1, 0.15) is 5.82 Å². The second-order valence-electron chi connectivity index (χ2n) is 8.14. The Kier molecular flexibility index (Phi) is 4.88. The summed E-state index contributed by atoms with van der Waals surface area (Å²) in [5, 5.41) is 8.22. The normalized spacial score (nSPS) is 20.4. The lowest BCUT2D eigenvalue weighted by atomic mass is 10.1. The minimum atomic E-state index is -0.457. The maximum absolute atomic E-state index is 14.0. The van der Waals surface area contributed by atoms with Crippen molar-refractivity contribution in [2.45, 2.75) is 45.2 Å². The summed E-state index contributed by atoms with van der Waals surface area (Å²) in [6.45, 7) is 5.18. The van der Waals surface area contributed by atoms with Crippen LogP contribution < -0.4 is 4.90 Å². The fraction of sp³-hybridized carbons (Fsp3) is 0.409. The fourth-order valence-electron chi connectivity index (χ4n) is 4.67. The maximum Gasteiger partial charge on any atom is 0.256 e. The van der Waals surface area contributed by atoms with Crippen LogP contribution in [0.2, 0.25) is 0 Å². The zero-order valence-electron chi connectivity index (χ0n) is 17.6. The number of carbonyl (C=O) groups is 1. The Morgan fingerprint density at radius 3 is 2.48 bits per heavy atom. The lowest BCUT2D eigenvalue weighted by Gasteiger charge is -2.41. The molecule has 1 aromatic carbocycles. The molecule has 3 aromatic rings. The first-order valence-corrected chi connectivity index (χ1v) is 10.6. The van der Waals surface area contributed by atoms with Crippen LogP contribution >= 0.6 is 0 Å². The molecule has 2 aliphatic rings. The molecule has 0 spiro atoms. The molecular weight excluding hydrogens is 397 g/mol. The van der Waals surface area contributed by atoms with E-state index in [-0.39, 0.29) is 23.6 Å². The van der Waals surface area contributed by atoms with Crippen LogP contribution in [0.5, 0.6) is 0 Å². The third kappa shape index (κ3) is 3.54. The third-order valence-electron chi connectivity index (χ3n) is 6.08. The van der Waals surface area contributed by atoms with E-state index in [0.29, 0.717) is 18.8 Å². The SMILES string of the molecule is CCc1cc(C)nc(N2C3CCC2CN(C(=O)c2cc(F)ccc2-n2nccn2)C3)n1. The van der Waals surface area contributed by atoms with E-state index < -0.39 is 5.82 Å². The Bertz CT molecular complexity index is 1100. The predicted octanol–water partition coefficient (Wildman–Crippen LogP) is 2.56. The highest BCUT2D eigenvalue weighted by molar-refractivity contribution is 5.98. The first kappa shape index (κ1) is 19.6. The highest BCUT2D eigenvalue weighted by atomic mass is 19.1. The zero-order valence-corrected chi connectivity index (χ0v) is 17.6. The van der Waals surface area contributed by atoms with Crippen molar-refractivity contribution in [3.05, 3.63) is 59.4 Å². The average molecular weight is 421 g/mol. The second-order valence-corrected chi connectivity index (χ2v) is 8.14. The Labute approximate surface area is 179 Å². The molecule has 1 amide bonds. The van der Waals surface area contributed by atoms with E-state index in [0.717, 1.165) is 36.6 Å². The number of amides is 1. The van der Waals surface area contributed by atoms with Crippen molar-refractivity contribution in [2.24, 2.45) is 0 Å². The standard InChI is InChI=1S/C22H24FN7O/c1-3-16-10-14(2)26-22(27-16)29-17-5-6-18(29)13-28(12-17)21(31)19-11-15(23)4-7-20(19)30-24-8-9-25-30/h4,7-11,17-18H,3,5-6,12-13H2,1-2H3. The number of aryl methyl sites for hydroxylation is 2. The summed E-state index contributed by atoms with van der Waals surface area (Å²) in [5.41, 5.74) is 2.72. The number of aromatic nitrogens is 5. The molecule has 2 saturated heterocycles. The van der Waals surface area contributed by atoms with Crippen LogP contribution in [-0.4, -0.2) is 60.9 Å². The summed E-state index contributed by atoms with van der Waals surface area (Å²) >= 11 is 0. The van der Waals surface area contributed by atoms with Gasteiger partial charge in [0.05, 0.1) is 23.6 Å². The first-order valence-electron chi connectivity index (χ1n) is 10.6. The molecule has 5 rings (SSSR count). The quantitative estimate of drug-likeness (QED) is 0.644. The van der Waals surface area contributed by atoms with Crippen molar-refractivity contribution in [3.8, 4) is 5.69 Å². The van der Waals surface area contributed by atoms with Gasteiger partial charge in [-0.1, -0.05) is 6.92 Å². The number of rotatable bonds is 4. The zero-order chi connectivity index (χ0) is 21.5. The molecule has 4 heterocycles. The molecule has 2 aromatic heterocycles. The minimum Gasteiger partial charge on any atom is -0.334 e. The van der Waals surface area contributed by atoms with Crippen LogP contribution in [0.4, 0.5) is 10.3 Å². The van der Waals surface area contributed by atoms with E-state index in [4.69, 9.17) is 4.98 Å². The number of carbonyl (C=O) groups excluding carboxylic acids is 1. The third-order valence-corrected chi connectivity index (χ3v) is 6.08. The van der Waals surface area contributed by atoms with Gasteiger partial charge in [0.15, 0.2) is 0 Å². The van der Waals surface area contributed by atoms with Crippen molar-refractivity contribution < 1.29 is 9.18 Å². The van der Waals surface area contributed by atoms with Crippen LogP contribution in [0.15, 0.2) is 36.7 Å². The molecule has 0 N–H and O–H groups in total. The van der Waals surface area contributed by atoms with Crippen molar-refractivity contribution in [3.63, 3.8) is 0 Å². The number of anilines is 1. The molecule has 2 fully saturated rings. The Morgan fingerprint density at radius 1 is 1.10 bits per heavy atom. The fourth-order valence-corrected chi connectivity index (χ4v) is 4.67.